The molecule has 0 spiro atoms. The zero-order valence-corrected chi connectivity index (χ0v) is 18.5. The number of nitrogens with zero attached hydrogens (tertiary/aromatic N) is 2. The molecule has 0 atom stereocenters. The topological polar surface area (TPSA) is 66.0 Å². The van der Waals surface area contributed by atoms with E-state index in [0.717, 1.165) is 62.3 Å². The van der Waals surface area contributed by atoms with Gasteiger partial charge in [-0.3, -0.25) is 4.79 Å². The third-order valence-electron chi connectivity index (χ3n) is 5.13. The molecular weight excluding hydrogens is 364 g/mol. The molecule has 0 unspecified atom stereocenters. The van der Waals surface area contributed by atoms with E-state index in [1.165, 1.54) is 6.42 Å². The molecule has 1 aromatic carbocycles. The Hall–Kier alpha value is -2.08. The highest BCUT2D eigenvalue weighted by Crippen LogP contribution is 2.18. The van der Waals surface area contributed by atoms with Crippen molar-refractivity contribution in [3.63, 3.8) is 0 Å². The molecule has 1 aromatic rings. The Balaban J connectivity index is 1.92. The highest BCUT2D eigenvalue weighted by Gasteiger charge is 2.15. The van der Waals surface area contributed by atoms with Gasteiger partial charge in [0, 0.05) is 45.5 Å². The number of hydrogen-bond acceptors (Lipinski definition) is 3. The van der Waals surface area contributed by atoms with E-state index < -0.39 is 0 Å². The van der Waals surface area contributed by atoms with Crippen molar-refractivity contribution in [2.24, 2.45) is 16.8 Å². The van der Waals surface area contributed by atoms with Gasteiger partial charge in [-0.2, -0.15) is 0 Å². The average molecular weight is 403 g/mol. The molecule has 0 aliphatic carbocycles. The maximum absolute atomic E-state index is 12.0. The van der Waals surface area contributed by atoms with Crippen LogP contribution in [0.3, 0.4) is 0 Å². The number of rotatable bonds is 9. The fourth-order valence-corrected chi connectivity index (χ4v) is 3.48. The predicted octanol–water partition coefficient (Wildman–Crippen LogP) is 3.89. The molecule has 1 fully saturated rings. The molecule has 1 aliphatic rings. The number of anilines is 1. The van der Waals surface area contributed by atoms with Crippen molar-refractivity contribution in [1.82, 2.24) is 10.2 Å². The number of ether oxygens (including phenoxy) is 1. The molecule has 1 amide bonds. The molecular formula is C23H38N4O2. The van der Waals surface area contributed by atoms with Crippen LogP contribution in [0, 0.1) is 11.8 Å². The van der Waals surface area contributed by atoms with E-state index in [4.69, 9.17) is 9.73 Å². The molecule has 29 heavy (non-hydrogen) atoms. The largest absolute Gasteiger partial charge is 0.381 e. The smallest absolute Gasteiger partial charge is 0.224 e. The molecule has 162 valence electrons. The van der Waals surface area contributed by atoms with Gasteiger partial charge in [-0.1, -0.05) is 26.0 Å². The van der Waals surface area contributed by atoms with Gasteiger partial charge in [-0.05, 0) is 55.7 Å². The van der Waals surface area contributed by atoms with Crippen LogP contribution in [0.2, 0.25) is 0 Å². The normalized spacial score (nSPS) is 15.4. The first-order chi connectivity index (χ1) is 14.0. The van der Waals surface area contributed by atoms with E-state index in [1.54, 1.807) is 0 Å². The van der Waals surface area contributed by atoms with Gasteiger partial charge in [0.15, 0.2) is 5.96 Å². The van der Waals surface area contributed by atoms with Gasteiger partial charge in [0.1, 0.15) is 0 Å². The summed E-state index contributed by atoms with van der Waals surface area (Å²) < 4.78 is 5.46. The summed E-state index contributed by atoms with van der Waals surface area (Å²) in [5.41, 5.74) is 1.92. The van der Waals surface area contributed by atoms with E-state index in [9.17, 15) is 4.79 Å². The summed E-state index contributed by atoms with van der Waals surface area (Å²) in [6.07, 6.45) is 4.03. The van der Waals surface area contributed by atoms with Crippen molar-refractivity contribution in [3.8, 4) is 0 Å². The minimum absolute atomic E-state index is 0.0573. The number of amides is 1. The van der Waals surface area contributed by atoms with Gasteiger partial charge in [0.2, 0.25) is 5.91 Å². The van der Waals surface area contributed by atoms with Crippen LogP contribution in [0.5, 0.6) is 0 Å². The summed E-state index contributed by atoms with van der Waals surface area (Å²) in [6.45, 7) is 10.4. The van der Waals surface area contributed by atoms with Crippen LogP contribution in [-0.2, 0) is 16.1 Å². The number of hydrogen-bond donors (Lipinski definition) is 2. The zero-order chi connectivity index (χ0) is 21.1. The van der Waals surface area contributed by atoms with Crippen LogP contribution in [0.1, 0.15) is 52.0 Å². The molecule has 0 bridgehead atoms. The van der Waals surface area contributed by atoms with Gasteiger partial charge < -0.3 is 20.3 Å². The summed E-state index contributed by atoms with van der Waals surface area (Å²) in [6, 6.07) is 7.95. The van der Waals surface area contributed by atoms with Crippen LogP contribution in [0.15, 0.2) is 29.3 Å². The van der Waals surface area contributed by atoms with Gasteiger partial charge in [-0.15, -0.1) is 0 Å². The number of carbonyl (C=O) groups is 1. The van der Waals surface area contributed by atoms with Crippen LogP contribution in [-0.4, -0.2) is 50.1 Å². The molecule has 2 N–H and O–H groups in total. The third kappa shape index (κ3) is 8.86. The van der Waals surface area contributed by atoms with Gasteiger partial charge in [-0.25, -0.2) is 4.99 Å². The maximum atomic E-state index is 12.0. The molecule has 6 nitrogen and oxygen atoms in total. The van der Waals surface area contributed by atoms with Crippen LogP contribution >= 0.6 is 0 Å². The maximum Gasteiger partial charge on any atom is 0.224 e. The highest BCUT2D eigenvalue weighted by atomic mass is 16.5. The molecule has 2 rings (SSSR count). The quantitative estimate of drug-likeness (QED) is 0.486. The van der Waals surface area contributed by atoms with Crippen molar-refractivity contribution < 1.29 is 9.53 Å². The highest BCUT2D eigenvalue weighted by molar-refractivity contribution is 5.90. The fraction of sp³-hybridized carbons (Fsp3) is 0.652. The predicted molar refractivity (Wildman–Crippen MR) is 120 cm³/mol. The minimum Gasteiger partial charge on any atom is -0.381 e. The lowest BCUT2D eigenvalue weighted by molar-refractivity contribution is -0.116. The van der Waals surface area contributed by atoms with Crippen molar-refractivity contribution in [2.75, 3.05) is 38.7 Å². The second-order valence-electron chi connectivity index (χ2n) is 8.28. The Morgan fingerprint density at radius 2 is 2.07 bits per heavy atom. The SMILES string of the molecule is CCNC(=NCc1cccc(NC(=O)CC(C)C)c1)N(C)CCC1CCOCC1. The van der Waals surface area contributed by atoms with E-state index in [0.29, 0.717) is 18.9 Å². The van der Waals surface area contributed by atoms with Crippen LogP contribution < -0.4 is 10.6 Å². The summed E-state index contributed by atoms with van der Waals surface area (Å²) in [5, 5.41) is 6.37. The first-order valence-corrected chi connectivity index (χ1v) is 10.9. The number of aliphatic imine (C=N–C) groups is 1. The second-order valence-corrected chi connectivity index (χ2v) is 8.28. The average Bonchev–Trinajstić information content (AvgIpc) is 2.69. The summed E-state index contributed by atoms with van der Waals surface area (Å²) >= 11 is 0. The van der Waals surface area contributed by atoms with Crippen molar-refractivity contribution in [2.45, 2.75) is 53.0 Å². The molecule has 0 saturated carbocycles. The zero-order valence-electron chi connectivity index (χ0n) is 18.5. The fourth-order valence-electron chi connectivity index (χ4n) is 3.48. The Bertz CT molecular complexity index is 654. The van der Waals surface area contributed by atoms with Crippen LogP contribution in [0.25, 0.3) is 0 Å². The van der Waals surface area contributed by atoms with Gasteiger partial charge in [0.25, 0.3) is 0 Å². The van der Waals surface area contributed by atoms with E-state index in [2.05, 4.69) is 29.5 Å². The lowest BCUT2D eigenvalue weighted by atomic mass is 9.96. The minimum atomic E-state index is 0.0573. The van der Waals surface area contributed by atoms with Crippen molar-refractivity contribution in [1.29, 1.82) is 0 Å². The monoisotopic (exact) mass is 402 g/mol. The van der Waals surface area contributed by atoms with Gasteiger partial charge in [0.05, 0.1) is 6.54 Å². The number of benzene rings is 1. The Kier molecular flexibility index (Phi) is 9.98. The third-order valence-corrected chi connectivity index (χ3v) is 5.13. The van der Waals surface area contributed by atoms with E-state index in [-0.39, 0.29) is 5.91 Å². The number of nitrogens with one attached hydrogen (secondary N) is 2. The van der Waals surface area contributed by atoms with E-state index >= 15 is 0 Å². The molecule has 6 heteroatoms. The lowest BCUT2D eigenvalue weighted by Crippen LogP contribution is -2.40. The number of carbonyl (C=O) groups excluding carboxylic acids is 1. The Morgan fingerprint density at radius 3 is 2.76 bits per heavy atom. The summed E-state index contributed by atoms with van der Waals surface area (Å²) in [4.78, 5) is 19.0. The molecule has 0 radical (unpaired) electrons. The van der Waals surface area contributed by atoms with Crippen molar-refractivity contribution in [3.05, 3.63) is 29.8 Å². The molecule has 1 heterocycles. The standard InChI is InChI=1S/C23H38N4O2/c1-5-24-23(27(4)12-9-19-10-13-29-14-11-19)25-17-20-7-6-8-21(16-20)26-22(28)15-18(2)3/h6-8,16,18-19H,5,9-15,17H2,1-4H3,(H,24,25)(H,26,28). The van der Waals surface area contributed by atoms with E-state index in [1.807, 2.05) is 38.1 Å². The lowest BCUT2D eigenvalue weighted by Gasteiger charge is -2.26. The first-order valence-electron chi connectivity index (χ1n) is 10.9. The summed E-state index contributed by atoms with van der Waals surface area (Å²) in [7, 11) is 2.10. The first kappa shape index (κ1) is 23.2. The second kappa shape index (κ2) is 12.5. The number of guanidine groups is 1. The molecule has 0 aromatic heterocycles. The van der Waals surface area contributed by atoms with Gasteiger partial charge >= 0.3 is 0 Å². The Labute approximate surface area is 176 Å². The van der Waals surface area contributed by atoms with Crippen LogP contribution in [0.4, 0.5) is 5.69 Å². The molecule has 1 saturated heterocycles. The summed E-state index contributed by atoms with van der Waals surface area (Å²) in [5.74, 6) is 2.08. The van der Waals surface area contributed by atoms with Crippen molar-refractivity contribution >= 4 is 17.6 Å². The molecule has 1 aliphatic heterocycles. The Morgan fingerprint density at radius 1 is 1.31 bits per heavy atom.